The number of carbonyl (C=O) groups is 1. The lowest BCUT2D eigenvalue weighted by Gasteiger charge is -2.27. The van der Waals surface area contributed by atoms with Crippen LogP contribution in [-0.4, -0.2) is 49.6 Å². The van der Waals surface area contributed by atoms with Crippen LogP contribution in [0.25, 0.3) is 11.3 Å². The molecule has 2 N–H and O–H groups in total. The fourth-order valence-electron chi connectivity index (χ4n) is 3.95. The molecule has 1 saturated heterocycles. The molecule has 2 aromatic rings. The smallest absolute Gasteiger partial charge is 0.407 e. The zero-order chi connectivity index (χ0) is 23.2. The van der Waals surface area contributed by atoms with E-state index in [-0.39, 0.29) is 29.8 Å². The molecule has 1 aliphatic carbocycles. The van der Waals surface area contributed by atoms with E-state index < -0.39 is 22.2 Å². The minimum atomic E-state index is -1.26. The van der Waals surface area contributed by atoms with Crippen molar-refractivity contribution >= 4 is 17.5 Å². The number of pyridine rings is 1. The molecule has 1 aromatic heterocycles. The Labute approximate surface area is 190 Å². The Morgan fingerprint density at radius 1 is 1.28 bits per heavy atom. The number of benzene rings is 1. The fraction of sp³-hybridized carbons (Fsp3) is 0.478. The molecule has 2 heterocycles. The molecule has 1 aromatic carbocycles. The molecule has 4 rings (SSSR count). The van der Waals surface area contributed by atoms with Crippen molar-refractivity contribution in [3.05, 3.63) is 47.8 Å². The molecule has 2 fully saturated rings. The summed E-state index contributed by atoms with van der Waals surface area (Å²) in [6, 6.07) is 9.56. The number of hydrogen-bond acceptors (Lipinski definition) is 5. The second-order valence-corrected chi connectivity index (χ2v) is 11.4. The molecule has 0 radical (unpaired) electrons. The van der Waals surface area contributed by atoms with Crippen LogP contribution in [0.15, 0.2) is 36.4 Å². The maximum absolute atomic E-state index is 13.4. The summed E-state index contributed by atoms with van der Waals surface area (Å²) in [4.78, 5) is 17.2. The second kappa shape index (κ2) is 8.53. The van der Waals surface area contributed by atoms with E-state index >= 15 is 0 Å². The van der Waals surface area contributed by atoms with E-state index in [4.69, 9.17) is 9.84 Å². The predicted molar refractivity (Wildman–Crippen MR) is 120 cm³/mol. The highest BCUT2D eigenvalue weighted by atomic mass is 32.2. The van der Waals surface area contributed by atoms with Gasteiger partial charge in [-0.05, 0) is 63.6 Å². The third-order valence-electron chi connectivity index (χ3n) is 5.95. The van der Waals surface area contributed by atoms with E-state index in [0.717, 1.165) is 11.1 Å². The van der Waals surface area contributed by atoms with Crippen LogP contribution in [-0.2, 0) is 11.4 Å². The van der Waals surface area contributed by atoms with E-state index in [9.17, 15) is 13.7 Å². The topological polar surface area (TPSA) is 97.8 Å². The third-order valence-corrected chi connectivity index (χ3v) is 7.63. The van der Waals surface area contributed by atoms with Gasteiger partial charge >= 0.3 is 6.09 Å². The van der Waals surface area contributed by atoms with Crippen LogP contribution in [0.5, 0.6) is 5.88 Å². The average molecular weight is 462 g/mol. The Hall–Kier alpha value is -2.36. The summed E-state index contributed by atoms with van der Waals surface area (Å²) in [5, 5.41) is 9.15. The lowest BCUT2D eigenvalue weighted by Crippen LogP contribution is -2.40. The van der Waals surface area contributed by atoms with Crippen LogP contribution >= 0.6 is 0 Å². The summed E-state index contributed by atoms with van der Waals surface area (Å²) in [5.41, 5.74) is 2.23. The van der Waals surface area contributed by atoms with Crippen LogP contribution in [0.4, 0.5) is 9.18 Å². The van der Waals surface area contributed by atoms with E-state index in [2.05, 4.69) is 9.71 Å². The standard InChI is InChI=1S/C23H28FN3O4S/c1-13(26-32(30)23(2,3)4)15-9-19(14-5-7-16(24)8-6-14)25-20(10-15)31-21-17-11-27(22(28)29)12-18(17)21/h5-10,13,17-18,21,26H,11-12H2,1-4H3,(H,28,29)/t13?,17-,18+,21-,32?. The van der Waals surface area contributed by atoms with Gasteiger partial charge in [-0.1, -0.05) is 0 Å². The van der Waals surface area contributed by atoms with Gasteiger partial charge in [0.2, 0.25) is 5.88 Å². The van der Waals surface area contributed by atoms with Crippen molar-refractivity contribution in [1.82, 2.24) is 14.6 Å². The Morgan fingerprint density at radius 3 is 2.47 bits per heavy atom. The lowest BCUT2D eigenvalue weighted by atomic mass is 10.1. The van der Waals surface area contributed by atoms with Crippen molar-refractivity contribution in [2.75, 3.05) is 13.1 Å². The van der Waals surface area contributed by atoms with E-state index in [0.29, 0.717) is 24.7 Å². The molecular formula is C23H28FN3O4S. The van der Waals surface area contributed by atoms with Crippen LogP contribution in [0.3, 0.4) is 0 Å². The second-order valence-electron chi connectivity index (χ2n) is 9.45. The van der Waals surface area contributed by atoms with Gasteiger partial charge in [0.25, 0.3) is 0 Å². The van der Waals surface area contributed by atoms with Gasteiger partial charge in [-0.15, -0.1) is 4.72 Å². The van der Waals surface area contributed by atoms with Gasteiger partial charge in [-0.25, -0.2) is 14.2 Å². The first-order valence-electron chi connectivity index (χ1n) is 10.6. The summed E-state index contributed by atoms with van der Waals surface area (Å²) < 4.78 is 34.9. The molecule has 5 atom stereocenters. The number of likely N-dealkylation sites (tertiary alicyclic amines) is 1. The average Bonchev–Trinajstić information content (AvgIpc) is 3.15. The predicted octanol–water partition coefficient (Wildman–Crippen LogP) is 3.99. The number of ether oxygens (including phenoxy) is 1. The number of rotatable bonds is 6. The first-order chi connectivity index (χ1) is 15.0. The van der Waals surface area contributed by atoms with E-state index in [1.807, 2.05) is 39.8 Å². The summed E-state index contributed by atoms with van der Waals surface area (Å²) in [6.45, 7) is 8.57. The maximum atomic E-state index is 13.4. The summed E-state index contributed by atoms with van der Waals surface area (Å²) in [6.07, 6.45) is -0.970. The number of hydrogen-bond donors (Lipinski definition) is 2. The number of nitrogens with zero attached hydrogens (tertiary/aromatic N) is 2. The number of nitrogens with one attached hydrogen (secondary N) is 1. The highest BCUT2D eigenvalue weighted by molar-refractivity contribution is 7.90. The van der Waals surface area contributed by atoms with Crippen LogP contribution in [0.1, 0.15) is 39.3 Å². The van der Waals surface area contributed by atoms with Crippen molar-refractivity contribution in [2.24, 2.45) is 11.8 Å². The molecule has 1 aliphatic heterocycles. The van der Waals surface area contributed by atoms with Crippen LogP contribution in [0, 0.1) is 17.7 Å². The van der Waals surface area contributed by atoms with Gasteiger partial charge in [0.1, 0.15) is 16.7 Å². The van der Waals surface area contributed by atoms with Gasteiger partial charge < -0.3 is 19.3 Å². The van der Waals surface area contributed by atoms with Gasteiger partial charge in [-0.3, -0.25) is 0 Å². The highest BCUT2D eigenvalue weighted by Gasteiger charge is 2.59. The monoisotopic (exact) mass is 461 g/mol. The van der Waals surface area contributed by atoms with Crippen molar-refractivity contribution in [1.29, 1.82) is 0 Å². The Kier molecular flexibility index (Phi) is 6.08. The molecule has 0 spiro atoms. The molecule has 172 valence electrons. The summed E-state index contributed by atoms with van der Waals surface area (Å²) in [5.74, 6) is 0.452. The number of fused-ring (bicyclic) bond motifs is 1. The van der Waals surface area contributed by atoms with Crippen LogP contribution in [0.2, 0.25) is 0 Å². The highest BCUT2D eigenvalue weighted by Crippen LogP contribution is 2.48. The molecule has 9 heteroatoms. The van der Waals surface area contributed by atoms with Crippen molar-refractivity contribution in [2.45, 2.75) is 44.6 Å². The molecule has 0 bridgehead atoms. The largest absolute Gasteiger partial charge is 0.598 e. The SMILES string of the molecule is CC(N[S+]([O-])C(C)(C)C)c1cc(O[C@@H]2[C@@H]3CN(C(=O)O)C[C@@H]32)nc(-c2ccc(F)cc2)c1. The minimum absolute atomic E-state index is 0.0682. The number of carboxylic acid groups (broad SMARTS) is 1. The zero-order valence-corrected chi connectivity index (χ0v) is 19.4. The van der Waals surface area contributed by atoms with Gasteiger partial charge in [0.05, 0.1) is 11.7 Å². The van der Waals surface area contributed by atoms with E-state index in [1.54, 1.807) is 12.1 Å². The van der Waals surface area contributed by atoms with Gasteiger partial charge in [0.15, 0.2) is 0 Å². The lowest BCUT2D eigenvalue weighted by molar-refractivity contribution is 0.139. The molecule has 2 unspecified atom stereocenters. The first-order valence-corrected chi connectivity index (χ1v) is 11.8. The summed E-state index contributed by atoms with van der Waals surface area (Å²) >= 11 is -1.26. The molecule has 7 nitrogen and oxygen atoms in total. The van der Waals surface area contributed by atoms with Gasteiger partial charge in [0, 0.05) is 47.9 Å². The van der Waals surface area contributed by atoms with Crippen molar-refractivity contribution < 1.29 is 23.6 Å². The fourth-order valence-corrected chi connectivity index (χ4v) is 4.76. The Balaban J connectivity index is 1.57. The molecule has 1 saturated carbocycles. The number of aromatic nitrogens is 1. The van der Waals surface area contributed by atoms with Gasteiger partial charge in [-0.2, -0.15) is 0 Å². The summed E-state index contributed by atoms with van der Waals surface area (Å²) in [7, 11) is 0. The molecule has 32 heavy (non-hydrogen) atoms. The molecular weight excluding hydrogens is 433 g/mol. The zero-order valence-electron chi connectivity index (χ0n) is 18.5. The maximum Gasteiger partial charge on any atom is 0.407 e. The van der Waals surface area contributed by atoms with Crippen molar-refractivity contribution in [3.8, 4) is 17.1 Å². The first kappa shape index (κ1) is 22.8. The normalized spacial score (nSPS) is 24.1. The van der Waals surface area contributed by atoms with Crippen molar-refractivity contribution in [3.63, 3.8) is 0 Å². The molecule has 1 amide bonds. The number of piperidine rings is 1. The number of halogens is 1. The number of amides is 1. The van der Waals surface area contributed by atoms with Crippen LogP contribution < -0.4 is 9.46 Å². The molecule has 2 aliphatic rings. The van der Waals surface area contributed by atoms with E-state index in [1.165, 1.54) is 17.0 Å². The third kappa shape index (κ3) is 4.84. The quantitative estimate of drug-likeness (QED) is 0.632. The minimum Gasteiger partial charge on any atom is -0.598 e. The Bertz CT molecular complexity index is 986. The Morgan fingerprint density at radius 2 is 1.91 bits per heavy atom.